The van der Waals surface area contributed by atoms with Crippen LogP contribution in [-0.2, 0) is 4.79 Å². The molecule has 21 heavy (non-hydrogen) atoms. The monoisotopic (exact) mass is 308 g/mol. The first-order chi connectivity index (χ1) is 10.3. The molecule has 1 fully saturated rings. The number of benzene rings is 1. The molecule has 2 aliphatic rings. The predicted octanol–water partition coefficient (Wildman–Crippen LogP) is 1.88. The van der Waals surface area contributed by atoms with Gasteiger partial charge < -0.3 is 20.1 Å². The van der Waals surface area contributed by atoms with Crippen molar-refractivity contribution in [3.63, 3.8) is 0 Å². The number of hydrogen-bond donors (Lipinski definition) is 2. The number of anilines is 1. The first-order valence-electron chi connectivity index (χ1n) is 7.33. The standard InChI is InChI=1S/C15H20N2O3S/c18-15(10-16-9-12-2-1-7-21-12)17-11-3-4-13-14(8-11)20-6-5-19-13/h3-4,8,12,16H,1-2,5-7,9-10H2,(H,17,18). The fraction of sp³-hybridized carbons (Fsp3) is 0.533. The van der Waals surface area contributed by atoms with Gasteiger partial charge in [0.25, 0.3) is 0 Å². The summed E-state index contributed by atoms with van der Waals surface area (Å²) < 4.78 is 11.0. The van der Waals surface area contributed by atoms with Gasteiger partial charge >= 0.3 is 0 Å². The Labute approximate surface area is 128 Å². The van der Waals surface area contributed by atoms with Crippen molar-refractivity contribution in [3.05, 3.63) is 18.2 Å². The van der Waals surface area contributed by atoms with E-state index >= 15 is 0 Å². The molecule has 1 atom stereocenters. The number of amides is 1. The number of hydrogen-bond acceptors (Lipinski definition) is 5. The van der Waals surface area contributed by atoms with Crippen molar-refractivity contribution in [1.29, 1.82) is 0 Å². The quantitative estimate of drug-likeness (QED) is 0.870. The molecule has 0 bridgehead atoms. The van der Waals surface area contributed by atoms with Gasteiger partial charge in [-0.25, -0.2) is 0 Å². The van der Waals surface area contributed by atoms with E-state index in [-0.39, 0.29) is 5.91 Å². The number of ether oxygens (including phenoxy) is 2. The van der Waals surface area contributed by atoms with Crippen LogP contribution < -0.4 is 20.1 Å². The fourth-order valence-corrected chi connectivity index (χ4v) is 3.71. The van der Waals surface area contributed by atoms with E-state index < -0.39 is 0 Å². The van der Waals surface area contributed by atoms with Crippen molar-refractivity contribution in [3.8, 4) is 11.5 Å². The summed E-state index contributed by atoms with van der Waals surface area (Å²) in [6.07, 6.45) is 2.54. The second-order valence-corrected chi connectivity index (χ2v) is 6.58. The smallest absolute Gasteiger partial charge is 0.238 e. The van der Waals surface area contributed by atoms with Gasteiger partial charge in [0.1, 0.15) is 13.2 Å². The zero-order valence-electron chi connectivity index (χ0n) is 11.9. The largest absolute Gasteiger partial charge is 0.486 e. The molecule has 114 valence electrons. The van der Waals surface area contributed by atoms with E-state index in [0.29, 0.717) is 30.8 Å². The van der Waals surface area contributed by atoms with Gasteiger partial charge in [-0.3, -0.25) is 4.79 Å². The molecular weight excluding hydrogens is 288 g/mol. The van der Waals surface area contributed by atoms with Crippen LogP contribution >= 0.6 is 11.8 Å². The van der Waals surface area contributed by atoms with E-state index in [1.807, 2.05) is 23.9 Å². The van der Waals surface area contributed by atoms with Crippen LogP contribution in [0.4, 0.5) is 5.69 Å². The number of carbonyl (C=O) groups excluding carboxylic acids is 1. The number of rotatable bonds is 5. The summed E-state index contributed by atoms with van der Waals surface area (Å²) in [5, 5.41) is 6.75. The number of nitrogens with one attached hydrogen (secondary N) is 2. The minimum atomic E-state index is -0.0327. The van der Waals surface area contributed by atoms with E-state index in [0.717, 1.165) is 18.0 Å². The summed E-state index contributed by atoms with van der Waals surface area (Å²) in [5.74, 6) is 2.63. The molecule has 1 aromatic rings. The number of fused-ring (bicyclic) bond motifs is 1. The first-order valence-corrected chi connectivity index (χ1v) is 8.38. The van der Waals surface area contributed by atoms with Gasteiger partial charge in [-0.2, -0.15) is 11.8 Å². The molecule has 1 aromatic carbocycles. The minimum absolute atomic E-state index is 0.0327. The Kier molecular flexibility index (Phi) is 4.87. The van der Waals surface area contributed by atoms with Crippen LogP contribution in [0.2, 0.25) is 0 Å². The van der Waals surface area contributed by atoms with Crippen molar-refractivity contribution in [1.82, 2.24) is 5.32 Å². The van der Waals surface area contributed by atoms with Crippen LogP contribution in [0.15, 0.2) is 18.2 Å². The summed E-state index contributed by atoms with van der Waals surface area (Å²) in [7, 11) is 0. The molecule has 1 amide bonds. The molecule has 6 heteroatoms. The topological polar surface area (TPSA) is 59.6 Å². The van der Waals surface area contributed by atoms with Crippen LogP contribution in [0.25, 0.3) is 0 Å². The highest BCUT2D eigenvalue weighted by Crippen LogP contribution is 2.32. The lowest BCUT2D eigenvalue weighted by Gasteiger charge is -2.19. The van der Waals surface area contributed by atoms with Crippen molar-refractivity contribution in [2.24, 2.45) is 0 Å². The SMILES string of the molecule is O=C(CNCC1CCCS1)Nc1ccc2c(c1)OCCO2. The van der Waals surface area contributed by atoms with Crippen LogP contribution in [0.1, 0.15) is 12.8 Å². The van der Waals surface area contributed by atoms with Gasteiger partial charge in [0.15, 0.2) is 11.5 Å². The zero-order chi connectivity index (χ0) is 14.5. The highest BCUT2D eigenvalue weighted by molar-refractivity contribution is 8.00. The Morgan fingerprint density at radius 3 is 2.95 bits per heavy atom. The molecule has 2 aliphatic heterocycles. The maximum absolute atomic E-state index is 11.9. The molecule has 5 nitrogen and oxygen atoms in total. The Balaban J connectivity index is 1.45. The van der Waals surface area contributed by atoms with Gasteiger partial charge in [0, 0.05) is 23.5 Å². The number of thioether (sulfide) groups is 1. The molecule has 0 radical (unpaired) electrons. The van der Waals surface area contributed by atoms with Crippen molar-refractivity contribution >= 4 is 23.4 Å². The van der Waals surface area contributed by atoms with Crippen LogP contribution in [0.3, 0.4) is 0 Å². The van der Waals surface area contributed by atoms with Gasteiger partial charge in [-0.15, -0.1) is 0 Å². The molecule has 2 heterocycles. The lowest BCUT2D eigenvalue weighted by Crippen LogP contribution is -2.32. The Morgan fingerprint density at radius 1 is 1.29 bits per heavy atom. The molecule has 0 spiro atoms. The third kappa shape index (κ3) is 4.04. The lowest BCUT2D eigenvalue weighted by atomic mass is 10.2. The molecule has 3 rings (SSSR count). The maximum atomic E-state index is 11.9. The van der Waals surface area contributed by atoms with Crippen LogP contribution in [0.5, 0.6) is 11.5 Å². The second-order valence-electron chi connectivity index (χ2n) is 5.17. The summed E-state index contributed by atoms with van der Waals surface area (Å²) in [6.45, 7) is 2.36. The Morgan fingerprint density at radius 2 is 2.14 bits per heavy atom. The summed E-state index contributed by atoms with van der Waals surface area (Å²) in [5.41, 5.74) is 0.737. The molecule has 0 aliphatic carbocycles. The highest BCUT2D eigenvalue weighted by atomic mass is 32.2. The van der Waals surface area contributed by atoms with Gasteiger partial charge in [0.2, 0.25) is 5.91 Å². The highest BCUT2D eigenvalue weighted by Gasteiger charge is 2.16. The summed E-state index contributed by atoms with van der Waals surface area (Å²) in [6, 6.07) is 5.46. The van der Waals surface area contributed by atoms with Crippen molar-refractivity contribution in [2.45, 2.75) is 18.1 Å². The van der Waals surface area contributed by atoms with Gasteiger partial charge in [-0.05, 0) is 30.7 Å². The predicted molar refractivity (Wildman–Crippen MR) is 84.4 cm³/mol. The Bertz CT molecular complexity index is 504. The third-order valence-electron chi connectivity index (χ3n) is 3.51. The summed E-state index contributed by atoms with van der Waals surface area (Å²) in [4.78, 5) is 11.9. The zero-order valence-corrected chi connectivity index (χ0v) is 12.7. The Hall–Kier alpha value is -1.40. The molecule has 0 saturated carbocycles. The lowest BCUT2D eigenvalue weighted by molar-refractivity contribution is -0.115. The number of carbonyl (C=O) groups is 1. The van der Waals surface area contributed by atoms with E-state index in [9.17, 15) is 4.79 Å². The molecular formula is C15H20N2O3S. The maximum Gasteiger partial charge on any atom is 0.238 e. The minimum Gasteiger partial charge on any atom is -0.486 e. The summed E-state index contributed by atoms with van der Waals surface area (Å²) >= 11 is 1.99. The molecule has 1 saturated heterocycles. The normalized spacial score (nSPS) is 20.3. The van der Waals surface area contributed by atoms with E-state index in [4.69, 9.17) is 9.47 Å². The second kappa shape index (κ2) is 7.04. The van der Waals surface area contributed by atoms with E-state index in [1.54, 1.807) is 6.07 Å². The third-order valence-corrected chi connectivity index (χ3v) is 4.91. The van der Waals surface area contributed by atoms with Crippen molar-refractivity contribution < 1.29 is 14.3 Å². The average molecular weight is 308 g/mol. The van der Waals surface area contributed by atoms with E-state index in [1.165, 1.54) is 18.6 Å². The van der Waals surface area contributed by atoms with Gasteiger partial charge in [0.05, 0.1) is 6.54 Å². The molecule has 0 aromatic heterocycles. The van der Waals surface area contributed by atoms with Crippen molar-refractivity contribution in [2.75, 3.05) is 37.4 Å². The average Bonchev–Trinajstić information content (AvgIpc) is 3.00. The fourth-order valence-electron chi connectivity index (χ4n) is 2.48. The van der Waals surface area contributed by atoms with E-state index in [2.05, 4.69) is 10.6 Å². The van der Waals surface area contributed by atoms with Crippen LogP contribution in [0, 0.1) is 0 Å². The van der Waals surface area contributed by atoms with Gasteiger partial charge in [-0.1, -0.05) is 0 Å². The first kappa shape index (κ1) is 14.5. The molecule has 1 unspecified atom stereocenters. The molecule has 2 N–H and O–H groups in total. The van der Waals surface area contributed by atoms with Crippen LogP contribution in [-0.4, -0.2) is 43.2 Å².